The van der Waals surface area contributed by atoms with Crippen molar-refractivity contribution >= 4 is 17.3 Å². The van der Waals surface area contributed by atoms with Crippen LogP contribution < -0.4 is 5.32 Å². The molecule has 4 nitrogen and oxygen atoms in total. The topological polar surface area (TPSA) is 58.6 Å². The minimum Gasteiger partial charge on any atom is -0.481 e. The zero-order chi connectivity index (χ0) is 15.9. The zero-order valence-corrected chi connectivity index (χ0v) is 14.3. The van der Waals surface area contributed by atoms with Crippen LogP contribution in [0.5, 0.6) is 0 Å². The molecule has 0 aliphatic carbocycles. The SMILES string of the molecule is CC(C)CCOCc1cc(C[C@H](C(=O)O)[C@H]2CCNC2)cs1. The molecule has 0 amide bonds. The highest BCUT2D eigenvalue weighted by molar-refractivity contribution is 7.10. The van der Waals surface area contributed by atoms with Gasteiger partial charge < -0.3 is 15.2 Å². The summed E-state index contributed by atoms with van der Waals surface area (Å²) in [5.41, 5.74) is 1.13. The molecule has 0 radical (unpaired) electrons. The molecular weight excluding hydrogens is 298 g/mol. The third kappa shape index (κ3) is 5.38. The lowest BCUT2D eigenvalue weighted by atomic mass is 9.87. The van der Waals surface area contributed by atoms with E-state index in [1.165, 1.54) is 4.88 Å². The zero-order valence-electron chi connectivity index (χ0n) is 13.5. The van der Waals surface area contributed by atoms with Gasteiger partial charge >= 0.3 is 5.97 Å². The van der Waals surface area contributed by atoms with Crippen LogP contribution in [0.25, 0.3) is 0 Å². The average molecular weight is 325 g/mol. The minimum absolute atomic E-state index is 0.253. The summed E-state index contributed by atoms with van der Waals surface area (Å²) in [4.78, 5) is 12.7. The predicted octanol–water partition coefficient (Wildman–Crippen LogP) is 3.16. The lowest BCUT2D eigenvalue weighted by Crippen LogP contribution is -2.27. The van der Waals surface area contributed by atoms with Crippen LogP contribution in [-0.4, -0.2) is 30.8 Å². The number of carboxylic acid groups (broad SMARTS) is 1. The summed E-state index contributed by atoms with van der Waals surface area (Å²) in [6.45, 7) is 7.57. The molecule has 0 saturated carbocycles. The first-order valence-electron chi connectivity index (χ1n) is 8.13. The molecule has 1 aromatic rings. The highest BCUT2D eigenvalue weighted by atomic mass is 32.1. The van der Waals surface area contributed by atoms with Gasteiger partial charge in [-0.1, -0.05) is 13.8 Å². The molecule has 0 unspecified atom stereocenters. The summed E-state index contributed by atoms with van der Waals surface area (Å²) < 4.78 is 5.68. The van der Waals surface area contributed by atoms with Crippen LogP contribution in [0.1, 0.15) is 37.1 Å². The number of hydrogen-bond donors (Lipinski definition) is 2. The normalized spacial score (nSPS) is 19.7. The Kier molecular flexibility index (Phi) is 6.86. The number of aliphatic carboxylic acids is 1. The fourth-order valence-electron chi connectivity index (χ4n) is 2.83. The van der Waals surface area contributed by atoms with E-state index >= 15 is 0 Å². The molecule has 1 aromatic heterocycles. The second-order valence-electron chi connectivity index (χ2n) is 6.56. The molecule has 1 saturated heterocycles. The molecule has 5 heteroatoms. The van der Waals surface area contributed by atoms with Gasteiger partial charge in [0.25, 0.3) is 0 Å². The molecule has 0 spiro atoms. The molecule has 22 heavy (non-hydrogen) atoms. The number of rotatable bonds is 9. The molecule has 2 atom stereocenters. The molecule has 2 heterocycles. The first-order chi connectivity index (χ1) is 10.6. The standard InChI is InChI=1S/C17H27NO3S/c1-12(2)4-6-21-10-15-7-13(11-22-15)8-16(17(19)20)14-3-5-18-9-14/h7,11-12,14,16,18H,3-6,8-10H2,1-2H3,(H,19,20)/t14-,16-/m0/s1. The molecule has 1 aliphatic rings. The van der Waals surface area contributed by atoms with Crippen LogP contribution >= 0.6 is 11.3 Å². The Bertz CT molecular complexity index is 466. The fourth-order valence-corrected chi connectivity index (χ4v) is 3.67. The van der Waals surface area contributed by atoms with Crippen LogP contribution in [0.2, 0.25) is 0 Å². The smallest absolute Gasteiger partial charge is 0.307 e. The van der Waals surface area contributed by atoms with E-state index < -0.39 is 5.97 Å². The third-order valence-electron chi connectivity index (χ3n) is 4.23. The van der Waals surface area contributed by atoms with Gasteiger partial charge in [-0.15, -0.1) is 11.3 Å². The van der Waals surface area contributed by atoms with E-state index in [4.69, 9.17) is 4.74 Å². The van der Waals surface area contributed by atoms with Crippen LogP contribution in [-0.2, 0) is 22.6 Å². The van der Waals surface area contributed by atoms with Crippen LogP contribution in [0.15, 0.2) is 11.4 Å². The molecule has 2 rings (SSSR count). The van der Waals surface area contributed by atoms with E-state index in [2.05, 4.69) is 30.6 Å². The van der Waals surface area contributed by atoms with Gasteiger partial charge in [-0.2, -0.15) is 0 Å². The summed E-state index contributed by atoms with van der Waals surface area (Å²) in [5.74, 6) is -0.0349. The van der Waals surface area contributed by atoms with Gasteiger partial charge in [0.15, 0.2) is 0 Å². The van der Waals surface area contributed by atoms with E-state index in [1.54, 1.807) is 11.3 Å². The number of hydrogen-bond acceptors (Lipinski definition) is 4. The van der Waals surface area contributed by atoms with Crippen LogP contribution in [0, 0.1) is 17.8 Å². The van der Waals surface area contributed by atoms with Crippen LogP contribution in [0.3, 0.4) is 0 Å². The Hall–Kier alpha value is -0.910. The first-order valence-corrected chi connectivity index (χ1v) is 9.01. The van der Waals surface area contributed by atoms with Crippen molar-refractivity contribution in [3.63, 3.8) is 0 Å². The molecule has 1 aliphatic heterocycles. The highest BCUT2D eigenvalue weighted by Gasteiger charge is 2.30. The quantitative estimate of drug-likeness (QED) is 0.685. The number of thiophene rings is 1. The van der Waals surface area contributed by atoms with Gasteiger partial charge in [-0.05, 0) is 61.2 Å². The van der Waals surface area contributed by atoms with E-state index in [0.717, 1.165) is 38.1 Å². The summed E-state index contributed by atoms with van der Waals surface area (Å²) in [7, 11) is 0. The molecule has 0 aromatic carbocycles. The predicted molar refractivity (Wildman–Crippen MR) is 89.2 cm³/mol. The number of carbonyl (C=O) groups is 1. The average Bonchev–Trinajstić information content (AvgIpc) is 3.12. The van der Waals surface area contributed by atoms with Gasteiger partial charge in [-0.3, -0.25) is 4.79 Å². The van der Waals surface area contributed by atoms with Crippen molar-refractivity contribution in [1.82, 2.24) is 5.32 Å². The van der Waals surface area contributed by atoms with Gasteiger partial charge in [-0.25, -0.2) is 0 Å². The van der Waals surface area contributed by atoms with E-state index in [-0.39, 0.29) is 11.8 Å². The van der Waals surface area contributed by atoms with Crippen molar-refractivity contribution in [2.24, 2.45) is 17.8 Å². The largest absolute Gasteiger partial charge is 0.481 e. The monoisotopic (exact) mass is 325 g/mol. The molecule has 2 N–H and O–H groups in total. The van der Waals surface area contributed by atoms with Gasteiger partial charge in [0.05, 0.1) is 12.5 Å². The van der Waals surface area contributed by atoms with E-state index in [0.29, 0.717) is 18.9 Å². The third-order valence-corrected chi connectivity index (χ3v) is 5.19. The summed E-state index contributed by atoms with van der Waals surface area (Å²) in [6.07, 6.45) is 2.67. The highest BCUT2D eigenvalue weighted by Crippen LogP contribution is 2.26. The van der Waals surface area contributed by atoms with E-state index in [1.807, 2.05) is 0 Å². The molecular formula is C17H27NO3S. The molecule has 1 fully saturated rings. The Labute approximate surface area is 136 Å². The van der Waals surface area contributed by atoms with Gasteiger partial charge in [0.2, 0.25) is 0 Å². The number of carboxylic acids is 1. The maximum atomic E-state index is 11.5. The number of ether oxygens (including phenoxy) is 1. The van der Waals surface area contributed by atoms with Crippen molar-refractivity contribution in [2.75, 3.05) is 19.7 Å². The summed E-state index contributed by atoms with van der Waals surface area (Å²) >= 11 is 1.67. The lowest BCUT2D eigenvalue weighted by Gasteiger charge is -2.17. The second-order valence-corrected chi connectivity index (χ2v) is 7.55. The summed E-state index contributed by atoms with van der Waals surface area (Å²) in [5, 5.41) is 14.8. The van der Waals surface area contributed by atoms with Crippen molar-refractivity contribution in [3.8, 4) is 0 Å². The molecule has 0 bridgehead atoms. The summed E-state index contributed by atoms with van der Waals surface area (Å²) in [6, 6.07) is 2.11. The number of nitrogens with one attached hydrogen (secondary N) is 1. The van der Waals surface area contributed by atoms with Gasteiger partial charge in [0.1, 0.15) is 0 Å². The first kappa shape index (κ1) is 17.4. The Morgan fingerprint density at radius 3 is 3.00 bits per heavy atom. The Morgan fingerprint density at radius 2 is 2.36 bits per heavy atom. The lowest BCUT2D eigenvalue weighted by molar-refractivity contribution is -0.143. The maximum Gasteiger partial charge on any atom is 0.307 e. The fraction of sp³-hybridized carbons (Fsp3) is 0.706. The maximum absolute atomic E-state index is 11.5. The van der Waals surface area contributed by atoms with E-state index in [9.17, 15) is 9.90 Å². The van der Waals surface area contributed by atoms with Gasteiger partial charge in [0, 0.05) is 11.5 Å². The van der Waals surface area contributed by atoms with Crippen molar-refractivity contribution in [3.05, 3.63) is 21.9 Å². The van der Waals surface area contributed by atoms with Crippen molar-refractivity contribution < 1.29 is 14.6 Å². The van der Waals surface area contributed by atoms with Crippen LogP contribution in [0.4, 0.5) is 0 Å². The van der Waals surface area contributed by atoms with Crippen molar-refractivity contribution in [1.29, 1.82) is 0 Å². The molecule has 124 valence electrons. The van der Waals surface area contributed by atoms with Crippen molar-refractivity contribution in [2.45, 2.75) is 39.7 Å². The second kappa shape index (κ2) is 8.65. The Morgan fingerprint density at radius 1 is 1.55 bits per heavy atom. The minimum atomic E-state index is -0.672. The Balaban J connectivity index is 1.83.